The first-order valence-electron chi connectivity index (χ1n) is 10.5. The fourth-order valence-corrected chi connectivity index (χ4v) is 4.01. The second-order valence-corrected chi connectivity index (χ2v) is 8.18. The molecule has 0 aromatic heterocycles. The van der Waals surface area contributed by atoms with Gasteiger partial charge in [-0.2, -0.15) is 0 Å². The van der Waals surface area contributed by atoms with Crippen LogP contribution in [0.5, 0.6) is 5.75 Å². The molecule has 1 aliphatic rings. The SMILES string of the molecule is COc1ccccc1[C@H]1[C@H](C(=O)NCC[NH+](C)C)CCC(=O)N1c1ccc(C)cc1. The number of carbonyl (C=O) groups is 2. The molecule has 0 saturated carbocycles. The first-order chi connectivity index (χ1) is 14.4. The molecule has 30 heavy (non-hydrogen) atoms. The minimum absolute atomic E-state index is 0.0169. The van der Waals surface area contributed by atoms with Gasteiger partial charge in [-0.1, -0.05) is 35.9 Å². The predicted octanol–water partition coefficient (Wildman–Crippen LogP) is 1.75. The zero-order valence-corrected chi connectivity index (χ0v) is 18.3. The Morgan fingerprint density at radius 2 is 1.87 bits per heavy atom. The lowest BCUT2D eigenvalue weighted by molar-refractivity contribution is -0.856. The molecule has 2 aromatic rings. The topological polar surface area (TPSA) is 63.1 Å². The number of amides is 2. The van der Waals surface area contributed by atoms with Crippen molar-refractivity contribution in [3.8, 4) is 5.75 Å². The summed E-state index contributed by atoms with van der Waals surface area (Å²) in [4.78, 5) is 29.3. The third-order valence-corrected chi connectivity index (χ3v) is 5.63. The number of nitrogens with one attached hydrogen (secondary N) is 2. The molecule has 0 aliphatic carbocycles. The van der Waals surface area contributed by atoms with Gasteiger partial charge in [-0.3, -0.25) is 9.59 Å². The number of piperidine rings is 1. The van der Waals surface area contributed by atoms with Crippen LogP contribution in [0, 0.1) is 12.8 Å². The molecule has 1 saturated heterocycles. The number of anilines is 1. The normalized spacial score (nSPS) is 19.1. The van der Waals surface area contributed by atoms with Crippen molar-refractivity contribution in [2.45, 2.75) is 25.8 Å². The average molecular weight is 411 g/mol. The molecule has 6 heteroatoms. The second-order valence-electron chi connectivity index (χ2n) is 8.18. The lowest BCUT2D eigenvalue weighted by atomic mass is 9.82. The standard InChI is InChI=1S/C24H31N3O3/c1-17-9-11-18(12-10-17)27-22(28)14-13-20(24(29)25-15-16-26(2)3)23(27)19-7-5-6-8-21(19)30-4/h5-12,20,23H,13-16H2,1-4H3,(H,25,29)/p+1/t20-,23+/m1/s1. The summed E-state index contributed by atoms with van der Waals surface area (Å²) in [5.41, 5.74) is 2.78. The van der Waals surface area contributed by atoms with Crippen molar-refractivity contribution in [3.63, 3.8) is 0 Å². The van der Waals surface area contributed by atoms with Gasteiger partial charge in [0, 0.05) is 17.7 Å². The Kier molecular flexibility index (Phi) is 7.11. The number of quaternary nitrogens is 1. The zero-order valence-electron chi connectivity index (χ0n) is 18.3. The highest BCUT2D eigenvalue weighted by molar-refractivity contribution is 5.97. The van der Waals surface area contributed by atoms with E-state index in [1.54, 1.807) is 12.0 Å². The molecule has 2 atom stereocenters. The van der Waals surface area contributed by atoms with Crippen molar-refractivity contribution in [3.05, 3.63) is 59.7 Å². The number of para-hydroxylation sites is 1. The highest BCUT2D eigenvalue weighted by atomic mass is 16.5. The van der Waals surface area contributed by atoms with Crippen LogP contribution in [0.15, 0.2) is 48.5 Å². The predicted molar refractivity (Wildman–Crippen MR) is 118 cm³/mol. The minimum atomic E-state index is -0.420. The van der Waals surface area contributed by atoms with Crippen LogP contribution in [-0.4, -0.2) is 46.1 Å². The van der Waals surface area contributed by atoms with E-state index in [9.17, 15) is 9.59 Å². The molecule has 6 nitrogen and oxygen atoms in total. The third-order valence-electron chi connectivity index (χ3n) is 5.63. The number of nitrogens with zero attached hydrogens (tertiary/aromatic N) is 1. The Hall–Kier alpha value is -2.86. The van der Waals surface area contributed by atoms with E-state index in [1.807, 2.05) is 55.5 Å². The highest BCUT2D eigenvalue weighted by Gasteiger charge is 2.42. The van der Waals surface area contributed by atoms with Crippen LogP contribution in [0.2, 0.25) is 0 Å². The first-order valence-corrected chi connectivity index (χ1v) is 10.5. The van der Waals surface area contributed by atoms with E-state index in [2.05, 4.69) is 19.4 Å². The number of ether oxygens (including phenoxy) is 1. The summed E-state index contributed by atoms with van der Waals surface area (Å²) in [5, 5.41) is 3.08. The van der Waals surface area contributed by atoms with E-state index in [0.29, 0.717) is 25.1 Å². The number of hydrogen-bond donors (Lipinski definition) is 2. The molecule has 0 spiro atoms. The number of rotatable bonds is 7. The van der Waals surface area contributed by atoms with E-state index >= 15 is 0 Å². The van der Waals surface area contributed by atoms with Crippen LogP contribution < -0.4 is 19.9 Å². The van der Waals surface area contributed by atoms with Gasteiger partial charge in [0.25, 0.3) is 0 Å². The van der Waals surface area contributed by atoms with E-state index in [1.165, 1.54) is 4.90 Å². The lowest BCUT2D eigenvalue weighted by Crippen LogP contribution is -3.06. The van der Waals surface area contributed by atoms with Gasteiger partial charge in [0.2, 0.25) is 11.8 Å². The largest absolute Gasteiger partial charge is 0.496 e. The zero-order chi connectivity index (χ0) is 21.7. The van der Waals surface area contributed by atoms with Gasteiger partial charge in [-0.25, -0.2) is 0 Å². The van der Waals surface area contributed by atoms with Gasteiger partial charge in [0.15, 0.2) is 0 Å². The van der Waals surface area contributed by atoms with Crippen molar-refractivity contribution in [1.29, 1.82) is 0 Å². The van der Waals surface area contributed by atoms with Crippen LogP contribution in [0.3, 0.4) is 0 Å². The lowest BCUT2D eigenvalue weighted by Gasteiger charge is -2.41. The molecule has 1 aliphatic heterocycles. The Labute approximate surface area is 178 Å². The number of likely N-dealkylation sites (N-methyl/N-ethyl adjacent to an activating group) is 1. The van der Waals surface area contributed by atoms with E-state index < -0.39 is 6.04 Å². The van der Waals surface area contributed by atoms with Gasteiger partial charge >= 0.3 is 0 Å². The highest BCUT2D eigenvalue weighted by Crippen LogP contribution is 2.43. The molecule has 2 aromatic carbocycles. The molecule has 1 heterocycles. The maximum atomic E-state index is 13.2. The molecule has 1 fully saturated rings. The van der Waals surface area contributed by atoms with E-state index in [4.69, 9.17) is 4.74 Å². The number of hydrogen-bond acceptors (Lipinski definition) is 3. The molecule has 160 valence electrons. The van der Waals surface area contributed by atoms with Gasteiger partial charge < -0.3 is 19.9 Å². The number of aryl methyl sites for hydroxylation is 1. The summed E-state index contributed by atoms with van der Waals surface area (Å²) in [7, 11) is 5.74. The molecular formula is C24H32N3O3+. The number of carbonyl (C=O) groups excluding carboxylic acids is 2. The smallest absolute Gasteiger partial charge is 0.227 e. The van der Waals surface area contributed by atoms with Crippen LogP contribution in [0.4, 0.5) is 5.69 Å². The average Bonchev–Trinajstić information content (AvgIpc) is 2.74. The van der Waals surface area contributed by atoms with Crippen LogP contribution in [0.1, 0.15) is 30.0 Å². The Morgan fingerprint density at radius 3 is 2.53 bits per heavy atom. The summed E-state index contributed by atoms with van der Waals surface area (Å²) in [6, 6.07) is 15.1. The van der Waals surface area contributed by atoms with E-state index in [0.717, 1.165) is 23.4 Å². The van der Waals surface area contributed by atoms with Crippen molar-refractivity contribution in [1.82, 2.24) is 5.32 Å². The summed E-state index contributed by atoms with van der Waals surface area (Å²) in [5.74, 6) is 0.343. The fraction of sp³-hybridized carbons (Fsp3) is 0.417. The third kappa shape index (κ3) is 4.82. The Morgan fingerprint density at radius 1 is 1.17 bits per heavy atom. The maximum absolute atomic E-state index is 13.2. The van der Waals surface area contributed by atoms with Gasteiger partial charge in [-0.05, 0) is 31.5 Å². The van der Waals surface area contributed by atoms with Crippen LogP contribution in [0.25, 0.3) is 0 Å². The first kappa shape index (κ1) is 21.8. The van der Waals surface area contributed by atoms with Crippen molar-refractivity contribution >= 4 is 17.5 Å². The number of methoxy groups -OCH3 is 1. The molecule has 3 rings (SSSR count). The molecule has 2 amide bonds. The molecule has 0 radical (unpaired) electrons. The quantitative estimate of drug-likeness (QED) is 0.731. The molecule has 0 unspecified atom stereocenters. The Bertz CT molecular complexity index is 880. The summed E-state index contributed by atoms with van der Waals surface area (Å²) >= 11 is 0. The van der Waals surface area contributed by atoms with Crippen molar-refractivity contribution in [2.24, 2.45) is 5.92 Å². The monoisotopic (exact) mass is 410 g/mol. The summed E-state index contributed by atoms with van der Waals surface area (Å²) < 4.78 is 5.60. The van der Waals surface area contributed by atoms with Gasteiger partial charge in [0.1, 0.15) is 5.75 Å². The molecule has 2 N–H and O–H groups in total. The number of benzene rings is 2. The van der Waals surface area contributed by atoms with Crippen molar-refractivity contribution < 1.29 is 19.2 Å². The van der Waals surface area contributed by atoms with Gasteiger partial charge in [-0.15, -0.1) is 0 Å². The van der Waals surface area contributed by atoms with E-state index in [-0.39, 0.29) is 17.7 Å². The maximum Gasteiger partial charge on any atom is 0.227 e. The minimum Gasteiger partial charge on any atom is -0.496 e. The van der Waals surface area contributed by atoms with Gasteiger partial charge in [0.05, 0.1) is 46.3 Å². The second kappa shape index (κ2) is 9.76. The van der Waals surface area contributed by atoms with Crippen LogP contribution in [-0.2, 0) is 9.59 Å². The fourth-order valence-electron chi connectivity index (χ4n) is 4.01. The molecular weight excluding hydrogens is 378 g/mol. The summed E-state index contributed by atoms with van der Waals surface area (Å²) in [6.07, 6.45) is 0.862. The summed E-state index contributed by atoms with van der Waals surface area (Å²) in [6.45, 7) is 3.47. The van der Waals surface area contributed by atoms with Crippen LogP contribution >= 0.6 is 0 Å². The van der Waals surface area contributed by atoms with Crippen molar-refractivity contribution in [2.75, 3.05) is 39.2 Å². The Balaban J connectivity index is 2.02. The molecule has 0 bridgehead atoms.